The quantitative estimate of drug-likeness (QED) is 0.458. The van der Waals surface area contributed by atoms with Crippen molar-refractivity contribution < 1.29 is 4.57 Å². The molecule has 0 saturated carbocycles. The van der Waals surface area contributed by atoms with E-state index in [1.54, 1.807) is 0 Å². The number of aromatic nitrogens is 2. The van der Waals surface area contributed by atoms with Gasteiger partial charge in [0.05, 0.1) is 18.2 Å². The molecule has 2 aromatic carbocycles. The van der Waals surface area contributed by atoms with Gasteiger partial charge < -0.3 is 0 Å². The van der Waals surface area contributed by atoms with E-state index in [0.717, 1.165) is 12.2 Å². The molecule has 0 saturated heterocycles. The Balaban J connectivity index is 1.90. The van der Waals surface area contributed by atoms with E-state index in [1.807, 2.05) is 0 Å². The van der Waals surface area contributed by atoms with Crippen LogP contribution in [0, 0.1) is 20.8 Å². The topological polar surface area (TPSA) is 16.8 Å². The summed E-state index contributed by atoms with van der Waals surface area (Å²) < 4.78 is 2.19. The number of hydrogen-bond acceptors (Lipinski definition) is 1. The Bertz CT molecular complexity index is 1030. The Labute approximate surface area is 156 Å². The van der Waals surface area contributed by atoms with Crippen LogP contribution < -0.4 is 4.57 Å². The summed E-state index contributed by atoms with van der Waals surface area (Å²) >= 11 is 0. The van der Waals surface area contributed by atoms with Crippen molar-refractivity contribution in [2.24, 2.45) is 7.05 Å². The second kappa shape index (κ2) is 6.05. The molecule has 0 aliphatic heterocycles. The average Bonchev–Trinajstić information content (AvgIpc) is 2.94. The molecule has 0 atom stereocenters. The molecule has 26 heavy (non-hydrogen) atoms. The molecule has 1 aliphatic carbocycles. The predicted molar refractivity (Wildman–Crippen MR) is 107 cm³/mol. The van der Waals surface area contributed by atoms with Crippen molar-refractivity contribution in [2.45, 2.75) is 47.0 Å². The normalized spacial score (nSPS) is 12.4. The van der Waals surface area contributed by atoms with Crippen LogP contribution in [-0.2, 0) is 13.5 Å². The van der Waals surface area contributed by atoms with E-state index >= 15 is 0 Å². The lowest BCUT2D eigenvalue weighted by Gasteiger charge is -2.10. The van der Waals surface area contributed by atoms with Crippen LogP contribution >= 0.6 is 0 Å². The number of rotatable bonds is 2. The molecule has 3 aromatic rings. The highest BCUT2D eigenvalue weighted by Crippen LogP contribution is 2.39. The van der Waals surface area contributed by atoms with Crippen molar-refractivity contribution in [3.05, 3.63) is 70.0 Å². The van der Waals surface area contributed by atoms with Gasteiger partial charge in [-0.3, -0.25) is 0 Å². The second-order valence-corrected chi connectivity index (χ2v) is 7.99. The van der Waals surface area contributed by atoms with E-state index in [9.17, 15) is 0 Å². The van der Waals surface area contributed by atoms with E-state index in [4.69, 9.17) is 4.98 Å². The van der Waals surface area contributed by atoms with Crippen LogP contribution in [0.2, 0.25) is 0 Å². The summed E-state index contributed by atoms with van der Waals surface area (Å²) in [6.07, 6.45) is 3.21. The van der Waals surface area contributed by atoms with Crippen LogP contribution in [0.4, 0.5) is 0 Å². The number of nitrogens with zero attached hydrogens (tertiary/aromatic N) is 2. The zero-order valence-electron chi connectivity index (χ0n) is 16.6. The summed E-state index contributed by atoms with van der Waals surface area (Å²) in [6.45, 7) is 11.1. The molecule has 1 heterocycles. The Morgan fingerprint density at radius 1 is 1.00 bits per heavy atom. The zero-order chi connectivity index (χ0) is 18.6. The first-order valence-electron chi connectivity index (χ1n) is 9.46. The molecule has 0 spiro atoms. The lowest BCUT2D eigenvalue weighted by atomic mass is 9.94. The van der Waals surface area contributed by atoms with Gasteiger partial charge in [0.1, 0.15) is 6.20 Å². The van der Waals surface area contributed by atoms with E-state index in [1.165, 1.54) is 50.2 Å². The lowest BCUT2D eigenvalue weighted by molar-refractivity contribution is -0.662. The Morgan fingerprint density at radius 2 is 1.77 bits per heavy atom. The Hall–Kier alpha value is -2.48. The minimum atomic E-state index is 0.536. The molecule has 0 N–H and O–H groups in total. The Kier molecular flexibility index (Phi) is 3.95. The van der Waals surface area contributed by atoms with Gasteiger partial charge in [0, 0.05) is 6.42 Å². The molecule has 0 fully saturated rings. The van der Waals surface area contributed by atoms with Crippen molar-refractivity contribution >= 4 is 0 Å². The molecule has 132 valence electrons. The van der Waals surface area contributed by atoms with Gasteiger partial charge in [0.15, 0.2) is 5.69 Å². The van der Waals surface area contributed by atoms with Crippen LogP contribution in [0.15, 0.2) is 36.5 Å². The molecule has 0 radical (unpaired) electrons. The van der Waals surface area contributed by atoms with E-state index in [2.05, 4.69) is 82.8 Å². The van der Waals surface area contributed by atoms with E-state index in [0.29, 0.717) is 5.92 Å². The number of benzene rings is 2. The fraction of sp³-hybridized carbons (Fsp3) is 0.333. The Morgan fingerprint density at radius 3 is 2.50 bits per heavy atom. The summed E-state index contributed by atoms with van der Waals surface area (Å²) in [5, 5.41) is 0. The van der Waals surface area contributed by atoms with Gasteiger partial charge >= 0.3 is 5.82 Å². The third kappa shape index (κ3) is 2.56. The van der Waals surface area contributed by atoms with E-state index in [-0.39, 0.29) is 0 Å². The SMILES string of the molecule is Cc1cc(C)c(C)c(-c2nc3c(c[n+]2C)-c2cccc(C(C)C)c2C3)c1. The van der Waals surface area contributed by atoms with Gasteiger partial charge in [0.25, 0.3) is 0 Å². The fourth-order valence-corrected chi connectivity index (χ4v) is 4.24. The molecule has 0 unspecified atom stereocenters. The summed E-state index contributed by atoms with van der Waals surface area (Å²) in [5.41, 5.74) is 11.9. The standard InChI is InChI=1S/C24H27N2/c1-14(2)18-8-7-9-19-21(18)12-23-22(19)13-26(6)24(25-23)20-11-15(3)10-16(4)17(20)5/h7-11,13-14H,12H2,1-6H3/q+1. The maximum Gasteiger partial charge on any atom is 0.330 e. The maximum atomic E-state index is 5.14. The minimum absolute atomic E-state index is 0.536. The maximum absolute atomic E-state index is 5.14. The van der Waals surface area contributed by atoms with Crippen LogP contribution in [-0.4, -0.2) is 4.98 Å². The van der Waals surface area contributed by atoms with Crippen molar-refractivity contribution in [3.8, 4) is 22.5 Å². The largest absolute Gasteiger partial charge is 0.330 e. The van der Waals surface area contributed by atoms with Crippen LogP contribution in [0.3, 0.4) is 0 Å². The second-order valence-electron chi connectivity index (χ2n) is 7.99. The number of hydrogen-bond donors (Lipinski definition) is 0. The van der Waals surface area contributed by atoms with Crippen molar-refractivity contribution in [1.29, 1.82) is 0 Å². The smallest absolute Gasteiger partial charge is 0.232 e. The molecular weight excluding hydrogens is 316 g/mol. The highest BCUT2D eigenvalue weighted by molar-refractivity contribution is 5.76. The molecule has 0 amide bonds. The molecule has 1 aromatic heterocycles. The predicted octanol–water partition coefficient (Wildman–Crippen LogP) is 5.19. The van der Waals surface area contributed by atoms with Gasteiger partial charge in [-0.15, -0.1) is 0 Å². The van der Waals surface area contributed by atoms with Gasteiger partial charge in [-0.1, -0.05) is 38.1 Å². The molecular formula is C24H27N2+. The van der Waals surface area contributed by atoms with Crippen molar-refractivity contribution in [3.63, 3.8) is 0 Å². The summed E-state index contributed by atoms with van der Waals surface area (Å²) in [4.78, 5) is 5.14. The van der Waals surface area contributed by atoms with Crippen LogP contribution in [0.1, 0.15) is 53.3 Å². The first-order valence-corrected chi connectivity index (χ1v) is 9.46. The highest BCUT2D eigenvalue weighted by Gasteiger charge is 2.30. The molecule has 2 heteroatoms. The highest BCUT2D eigenvalue weighted by atomic mass is 15.0. The molecule has 0 bridgehead atoms. The summed E-state index contributed by atoms with van der Waals surface area (Å²) in [7, 11) is 2.12. The summed E-state index contributed by atoms with van der Waals surface area (Å²) in [5.74, 6) is 1.60. The first-order chi connectivity index (χ1) is 12.4. The van der Waals surface area contributed by atoms with Crippen LogP contribution in [0.25, 0.3) is 22.5 Å². The van der Waals surface area contributed by atoms with Gasteiger partial charge in [-0.25, -0.2) is 4.57 Å². The van der Waals surface area contributed by atoms with Crippen molar-refractivity contribution in [1.82, 2.24) is 4.98 Å². The summed E-state index contributed by atoms with van der Waals surface area (Å²) in [6, 6.07) is 11.2. The minimum Gasteiger partial charge on any atom is -0.232 e. The lowest BCUT2D eigenvalue weighted by Crippen LogP contribution is -2.33. The zero-order valence-corrected chi connectivity index (χ0v) is 16.6. The molecule has 4 rings (SSSR count). The molecule has 2 nitrogen and oxygen atoms in total. The van der Waals surface area contributed by atoms with E-state index < -0.39 is 0 Å². The molecule has 1 aliphatic rings. The monoisotopic (exact) mass is 343 g/mol. The van der Waals surface area contributed by atoms with Gasteiger partial charge in [0.2, 0.25) is 0 Å². The van der Waals surface area contributed by atoms with Crippen LogP contribution in [0.5, 0.6) is 0 Å². The van der Waals surface area contributed by atoms with Gasteiger partial charge in [-0.2, -0.15) is 0 Å². The average molecular weight is 343 g/mol. The number of aryl methyl sites for hydroxylation is 3. The first kappa shape index (κ1) is 17.0. The fourth-order valence-electron chi connectivity index (χ4n) is 4.24. The van der Waals surface area contributed by atoms with Gasteiger partial charge in [-0.05, 0) is 71.1 Å². The van der Waals surface area contributed by atoms with Crippen molar-refractivity contribution in [2.75, 3.05) is 0 Å². The number of fused-ring (bicyclic) bond motifs is 3. The third-order valence-electron chi connectivity index (χ3n) is 5.73. The third-order valence-corrected chi connectivity index (χ3v) is 5.73.